The summed E-state index contributed by atoms with van der Waals surface area (Å²) in [6.07, 6.45) is 9.72. The summed E-state index contributed by atoms with van der Waals surface area (Å²) in [6, 6.07) is 0. The number of halogens is 1. The molecule has 0 amide bonds. The van der Waals surface area contributed by atoms with Gasteiger partial charge in [-0.05, 0) is 43.6 Å². The molecule has 0 atom stereocenters. The van der Waals surface area contributed by atoms with Crippen molar-refractivity contribution in [1.82, 2.24) is 0 Å². The molecule has 0 aromatic heterocycles. The minimum Gasteiger partial charge on any atom is -0.330 e. The molecule has 14 heavy (non-hydrogen) atoms. The summed E-state index contributed by atoms with van der Waals surface area (Å²) in [5, 5.41) is 0. The fourth-order valence-electron chi connectivity index (χ4n) is 3.00. The first-order chi connectivity index (χ1) is 6.29. The smallest absolute Gasteiger partial charge is 0.00181 e. The Hall–Kier alpha value is 0.250. The zero-order chi connectivity index (χ0) is 9.73. The average Bonchev–Trinajstić information content (AvgIpc) is 2.23. The zero-order valence-electron chi connectivity index (χ0n) is 9.72. The van der Waals surface area contributed by atoms with Crippen LogP contribution < -0.4 is 5.73 Å². The summed E-state index contributed by atoms with van der Waals surface area (Å²) >= 11 is 0. The first-order valence-corrected chi connectivity index (χ1v) is 5.99. The van der Waals surface area contributed by atoms with Crippen LogP contribution in [0.5, 0.6) is 0 Å². The lowest BCUT2D eigenvalue weighted by atomic mass is 9.66. The Kier molecular flexibility index (Phi) is 6.80. The molecule has 0 saturated heterocycles. The lowest BCUT2D eigenvalue weighted by molar-refractivity contribution is 0.113. The molecule has 1 rings (SSSR count). The second kappa shape index (κ2) is 6.68. The SMILES string of the molecule is CCC(CC)(CN)C1CCCCC1.Cl. The van der Waals surface area contributed by atoms with Gasteiger partial charge < -0.3 is 5.73 Å². The Bertz CT molecular complexity index is 129. The van der Waals surface area contributed by atoms with Crippen molar-refractivity contribution in [3.63, 3.8) is 0 Å². The van der Waals surface area contributed by atoms with Crippen LogP contribution >= 0.6 is 12.4 Å². The molecule has 86 valence electrons. The Balaban J connectivity index is 0.00000169. The monoisotopic (exact) mass is 219 g/mol. The third kappa shape index (κ3) is 2.87. The van der Waals surface area contributed by atoms with Gasteiger partial charge in [0.05, 0.1) is 0 Å². The maximum Gasteiger partial charge on any atom is -0.00181 e. The highest BCUT2D eigenvalue weighted by Crippen LogP contribution is 2.42. The van der Waals surface area contributed by atoms with Crippen LogP contribution in [0.2, 0.25) is 0 Å². The molecule has 1 nitrogen and oxygen atoms in total. The zero-order valence-corrected chi connectivity index (χ0v) is 10.5. The van der Waals surface area contributed by atoms with Gasteiger partial charge in [-0.1, -0.05) is 33.1 Å². The van der Waals surface area contributed by atoms with Gasteiger partial charge in [-0.3, -0.25) is 0 Å². The van der Waals surface area contributed by atoms with Crippen LogP contribution in [0.1, 0.15) is 58.8 Å². The van der Waals surface area contributed by atoms with Crippen LogP contribution in [-0.4, -0.2) is 6.54 Å². The Morgan fingerprint density at radius 1 is 1.07 bits per heavy atom. The Morgan fingerprint density at radius 3 is 1.93 bits per heavy atom. The summed E-state index contributed by atoms with van der Waals surface area (Å²) in [4.78, 5) is 0. The highest BCUT2D eigenvalue weighted by Gasteiger charge is 2.34. The fourth-order valence-corrected chi connectivity index (χ4v) is 3.00. The standard InChI is InChI=1S/C12H25N.ClH/c1-3-12(4-2,10-13)11-8-6-5-7-9-11;/h11H,3-10,13H2,1-2H3;1H. The molecule has 2 heteroatoms. The molecule has 1 aliphatic carbocycles. The molecule has 0 aromatic carbocycles. The highest BCUT2D eigenvalue weighted by atomic mass is 35.5. The fraction of sp³-hybridized carbons (Fsp3) is 1.00. The van der Waals surface area contributed by atoms with Gasteiger partial charge in [-0.15, -0.1) is 12.4 Å². The van der Waals surface area contributed by atoms with E-state index in [0.717, 1.165) is 12.5 Å². The molecule has 0 aromatic rings. The van der Waals surface area contributed by atoms with Crippen molar-refractivity contribution in [2.45, 2.75) is 58.8 Å². The van der Waals surface area contributed by atoms with E-state index < -0.39 is 0 Å². The van der Waals surface area contributed by atoms with Gasteiger partial charge in [0.15, 0.2) is 0 Å². The van der Waals surface area contributed by atoms with Gasteiger partial charge in [0.25, 0.3) is 0 Å². The van der Waals surface area contributed by atoms with E-state index in [-0.39, 0.29) is 12.4 Å². The van der Waals surface area contributed by atoms with Crippen molar-refractivity contribution in [3.8, 4) is 0 Å². The molecule has 1 saturated carbocycles. The van der Waals surface area contributed by atoms with Crippen molar-refractivity contribution in [2.75, 3.05) is 6.54 Å². The molecule has 0 spiro atoms. The van der Waals surface area contributed by atoms with Gasteiger partial charge in [0.1, 0.15) is 0 Å². The molecule has 0 unspecified atom stereocenters. The van der Waals surface area contributed by atoms with Crippen molar-refractivity contribution in [2.24, 2.45) is 17.1 Å². The van der Waals surface area contributed by atoms with Crippen LogP contribution in [0.3, 0.4) is 0 Å². The average molecular weight is 220 g/mol. The summed E-state index contributed by atoms with van der Waals surface area (Å²) in [7, 11) is 0. The summed E-state index contributed by atoms with van der Waals surface area (Å²) in [5.41, 5.74) is 6.43. The highest BCUT2D eigenvalue weighted by molar-refractivity contribution is 5.85. The topological polar surface area (TPSA) is 26.0 Å². The lowest BCUT2D eigenvalue weighted by Crippen LogP contribution is -2.38. The van der Waals surface area contributed by atoms with Gasteiger partial charge in [0, 0.05) is 0 Å². The van der Waals surface area contributed by atoms with E-state index in [1.807, 2.05) is 0 Å². The molecule has 0 heterocycles. The molecule has 0 bridgehead atoms. The third-order valence-electron chi connectivity index (χ3n) is 4.29. The number of rotatable bonds is 4. The van der Waals surface area contributed by atoms with Crippen LogP contribution in [0, 0.1) is 11.3 Å². The summed E-state index contributed by atoms with van der Waals surface area (Å²) in [5.74, 6) is 0.918. The van der Waals surface area contributed by atoms with Crippen molar-refractivity contribution in [1.29, 1.82) is 0 Å². The van der Waals surface area contributed by atoms with E-state index in [1.165, 1.54) is 44.9 Å². The maximum absolute atomic E-state index is 5.96. The Morgan fingerprint density at radius 2 is 1.57 bits per heavy atom. The van der Waals surface area contributed by atoms with Crippen molar-refractivity contribution >= 4 is 12.4 Å². The van der Waals surface area contributed by atoms with Crippen molar-refractivity contribution in [3.05, 3.63) is 0 Å². The van der Waals surface area contributed by atoms with E-state index in [0.29, 0.717) is 5.41 Å². The molecule has 2 N–H and O–H groups in total. The van der Waals surface area contributed by atoms with E-state index in [1.54, 1.807) is 0 Å². The van der Waals surface area contributed by atoms with E-state index >= 15 is 0 Å². The quantitative estimate of drug-likeness (QED) is 0.766. The molecular weight excluding hydrogens is 194 g/mol. The first kappa shape index (κ1) is 14.2. The van der Waals surface area contributed by atoms with Crippen LogP contribution in [0.15, 0.2) is 0 Å². The Labute approximate surface area is 95.2 Å². The predicted molar refractivity (Wildman–Crippen MR) is 65.9 cm³/mol. The first-order valence-electron chi connectivity index (χ1n) is 5.99. The number of hydrogen-bond donors (Lipinski definition) is 1. The van der Waals surface area contributed by atoms with Gasteiger partial charge in [0.2, 0.25) is 0 Å². The number of hydrogen-bond acceptors (Lipinski definition) is 1. The van der Waals surface area contributed by atoms with E-state index in [9.17, 15) is 0 Å². The second-order valence-corrected chi connectivity index (χ2v) is 4.61. The van der Waals surface area contributed by atoms with E-state index in [2.05, 4.69) is 13.8 Å². The van der Waals surface area contributed by atoms with Gasteiger partial charge in [-0.2, -0.15) is 0 Å². The van der Waals surface area contributed by atoms with Crippen molar-refractivity contribution < 1.29 is 0 Å². The van der Waals surface area contributed by atoms with Crippen LogP contribution in [0.4, 0.5) is 0 Å². The molecule has 1 fully saturated rings. The molecule has 1 aliphatic rings. The predicted octanol–water partition coefficient (Wildman–Crippen LogP) is 3.75. The van der Waals surface area contributed by atoms with Crippen LogP contribution in [-0.2, 0) is 0 Å². The van der Waals surface area contributed by atoms with Gasteiger partial charge in [-0.25, -0.2) is 0 Å². The normalized spacial score (nSPS) is 19.1. The second-order valence-electron chi connectivity index (χ2n) is 4.61. The minimum atomic E-state index is 0. The lowest BCUT2D eigenvalue weighted by Gasteiger charge is -2.41. The largest absolute Gasteiger partial charge is 0.330 e. The molecular formula is C12H26ClN. The number of nitrogens with two attached hydrogens (primary N) is 1. The third-order valence-corrected chi connectivity index (χ3v) is 4.29. The molecule has 0 radical (unpaired) electrons. The summed E-state index contributed by atoms with van der Waals surface area (Å²) in [6.45, 7) is 5.51. The van der Waals surface area contributed by atoms with E-state index in [4.69, 9.17) is 5.73 Å². The molecule has 0 aliphatic heterocycles. The minimum absolute atomic E-state index is 0. The summed E-state index contributed by atoms with van der Waals surface area (Å²) < 4.78 is 0. The van der Waals surface area contributed by atoms with Gasteiger partial charge >= 0.3 is 0 Å². The van der Waals surface area contributed by atoms with Crippen LogP contribution in [0.25, 0.3) is 0 Å². The maximum atomic E-state index is 5.96.